The monoisotopic (exact) mass is 366 g/mol. The number of benzene rings is 1. The van der Waals surface area contributed by atoms with Gasteiger partial charge in [0.15, 0.2) is 11.5 Å². The Bertz CT molecular complexity index is 1050. The molecule has 0 aliphatic carbocycles. The number of nitrogens with two attached hydrogens (primary N) is 1. The fourth-order valence-corrected chi connectivity index (χ4v) is 3.44. The highest BCUT2D eigenvalue weighted by Gasteiger charge is 2.20. The maximum absolute atomic E-state index is 12.7. The third-order valence-electron chi connectivity index (χ3n) is 4.91. The molecule has 0 spiro atoms. The number of ether oxygens (including phenoxy) is 2. The largest absolute Gasteiger partial charge is 0.493 e. The molecule has 3 heterocycles. The Hall–Kier alpha value is -3.06. The second kappa shape index (κ2) is 6.92. The summed E-state index contributed by atoms with van der Waals surface area (Å²) in [6.07, 6.45) is 2.80. The third-order valence-corrected chi connectivity index (χ3v) is 4.91. The van der Waals surface area contributed by atoms with Crippen LogP contribution in [0.3, 0.4) is 0 Å². The van der Waals surface area contributed by atoms with Gasteiger partial charge in [0, 0.05) is 37.0 Å². The van der Waals surface area contributed by atoms with E-state index in [0.717, 1.165) is 30.8 Å². The molecule has 1 aromatic carbocycles. The molecule has 7 nitrogen and oxygen atoms in total. The molecular formula is C20H22N4O3. The van der Waals surface area contributed by atoms with Crippen LogP contribution in [0.25, 0.3) is 16.9 Å². The van der Waals surface area contributed by atoms with E-state index in [-0.39, 0.29) is 11.6 Å². The maximum atomic E-state index is 12.7. The smallest absolute Gasteiger partial charge is 0.258 e. The van der Waals surface area contributed by atoms with Crippen LogP contribution in [-0.4, -0.2) is 42.7 Å². The van der Waals surface area contributed by atoms with Gasteiger partial charge in [0.1, 0.15) is 5.65 Å². The first kappa shape index (κ1) is 17.4. The Morgan fingerprint density at radius 3 is 2.63 bits per heavy atom. The van der Waals surface area contributed by atoms with E-state index < -0.39 is 0 Å². The van der Waals surface area contributed by atoms with Gasteiger partial charge in [-0.15, -0.1) is 0 Å². The SMILES string of the molecule is COc1ccc(-c2cc(=O)n3cc(N4CCC(N)C4)ccc3n2)cc1OC. The Kier molecular flexibility index (Phi) is 4.45. The van der Waals surface area contributed by atoms with Crippen LogP contribution in [0, 0.1) is 0 Å². The number of anilines is 1. The lowest BCUT2D eigenvalue weighted by Crippen LogP contribution is -2.27. The molecule has 1 aliphatic heterocycles. The number of aromatic nitrogens is 2. The summed E-state index contributed by atoms with van der Waals surface area (Å²) in [5, 5.41) is 0. The minimum atomic E-state index is -0.130. The van der Waals surface area contributed by atoms with Gasteiger partial charge in [-0.2, -0.15) is 0 Å². The Morgan fingerprint density at radius 2 is 1.93 bits per heavy atom. The molecule has 1 fully saturated rings. The van der Waals surface area contributed by atoms with E-state index in [9.17, 15) is 4.79 Å². The van der Waals surface area contributed by atoms with Crippen molar-refractivity contribution in [1.82, 2.24) is 9.38 Å². The zero-order valence-corrected chi connectivity index (χ0v) is 15.4. The average molecular weight is 366 g/mol. The highest BCUT2D eigenvalue weighted by molar-refractivity contribution is 5.66. The van der Waals surface area contributed by atoms with Crippen LogP contribution in [-0.2, 0) is 0 Å². The van der Waals surface area contributed by atoms with Crippen LogP contribution in [0.15, 0.2) is 47.4 Å². The predicted molar refractivity (Wildman–Crippen MR) is 105 cm³/mol. The maximum Gasteiger partial charge on any atom is 0.258 e. The number of hydrogen-bond acceptors (Lipinski definition) is 6. The third kappa shape index (κ3) is 3.21. The van der Waals surface area contributed by atoms with Crippen molar-refractivity contribution >= 4 is 11.3 Å². The lowest BCUT2D eigenvalue weighted by molar-refractivity contribution is 0.355. The summed E-state index contributed by atoms with van der Waals surface area (Å²) in [6.45, 7) is 1.70. The topological polar surface area (TPSA) is 82.1 Å². The minimum Gasteiger partial charge on any atom is -0.493 e. The number of fused-ring (bicyclic) bond motifs is 1. The van der Waals surface area contributed by atoms with Crippen molar-refractivity contribution in [2.24, 2.45) is 5.73 Å². The molecular weight excluding hydrogens is 344 g/mol. The van der Waals surface area contributed by atoms with Crippen molar-refractivity contribution in [3.8, 4) is 22.8 Å². The van der Waals surface area contributed by atoms with E-state index in [1.807, 2.05) is 30.5 Å². The van der Waals surface area contributed by atoms with Crippen molar-refractivity contribution < 1.29 is 9.47 Å². The van der Waals surface area contributed by atoms with Gasteiger partial charge >= 0.3 is 0 Å². The Morgan fingerprint density at radius 1 is 1.11 bits per heavy atom. The van der Waals surface area contributed by atoms with E-state index in [2.05, 4.69) is 9.88 Å². The normalized spacial score (nSPS) is 16.7. The van der Waals surface area contributed by atoms with Gasteiger partial charge < -0.3 is 20.1 Å². The minimum absolute atomic E-state index is 0.130. The highest BCUT2D eigenvalue weighted by atomic mass is 16.5. The van der Waals surface area contributed by atoms with Crippen LogP contribution >= 0.6 is 0 Å². The van der Waals surface area contributed by atoms with E-state index in [4.69, 9.17) is 15.2 Å². The molecule has 1 saturated heterocycles. The van der Waals surface area contributed by atoms with Crippen LogP contribution in [0.5, 0.6) is 11.5 Å². The van der Waals surface area contributed by atoms with Crippen molar-refractivity contribution in [3.63, 3.8) is 0 Å². The quantitative estimate of drug-likeness (QED) is 0.760. The fourth-order valence-electron chi connectivity index (χ4n) is 3.44. The van der Waals surface area contributed by atoms with E-state index in [1.165, 1.54) is 6.07 Å². The predicted octanol–water partition coefficient (Wildman–Crippen LogP) is 1.92. The zero-order valence-electron chi connectivity index (χ0n) is 15.4. The summed E-state index contributed by atoms with van der Waals surface area (Å²) in [5.74, 6) is 1.23. The summed E-state index contributed by atoms with van der Waals surface area (Å²) in [7, 11) is 3.17. The lowest BCUT2D eigenvalue weighted by Gasteiger charge is -2.18. The molecule has 4 rings (SSSR count). The van der Waals surface area contributed by atoms with E-state index in [1.54, 1.807) is 24.7 Å². The van der Waals surface area contributed by atoms with Crippen LogP contribution in [0.1, 0.15) is 6.42 Å². The molecule has 2 aromatic heterocycles. The fraction of sp³-hybridized carbons (Fsp3) is 0.300. The standard InChI is InChI=1S/C20H22N4O3/c1-26-17-5-3-13(9-18(17)27-2)16-10-20(25)24-12-15(4-6-19(24)22-16)23-8-7-14(21)11-23/h3-6,9-10,12,14H,7-8,11,21H2,1-2H3. The molecule has 3 aromatic rings. The first-order chi connectivity index (χ1) is 13.1. The zero-order chi connectivity index (χ0) is 19.0. The van der Waals surface area contributed by atoms with Crippen molar-refractivity contribution in [3.05, 3.63) is 52.9 Å². The second-order valence-electron chi connectivity index (χ2n) is 6.66. The molecule has 1 aliphatic rings. The van der Waals surface area contributed by atoms with Crippen LogP contribution < -0.4 is 25.7 Å². The summed E-state index contributed by atoms with van der Waals surface area (Å²) < 4.78 is 12.2. The van der Waals surface area contributed by atoms with Crippen molar-refractivity contribution in [1.29, 1.82) is 0 Å². The molecule has 1 atom stereocenters. The number of hydrogen-bond donors (Lipinski definition) is 1. The Labute approximate surface area is 157 Å². The molecule has 0 saturated carbocycles. The van der Waals surface area contributed by atoms with Gasteiger partial charge in [0.25, 0.3) is 5.56 Å². The van der Waals surface area contributed by atoms with Crippen LogP contribution in [0.2, 0.25) is 0 Å². The summed E-state index contributed by atoms with van der Waals surface area (Å²) in [4.78, 5) is 19.5. The second-order valence-corrected chi connectivity index (χ2v) is 6.66. The molecule has 0 amide bonds. The van der Waals surface area contributed by atoms with Crippen LogP contribution in [0.4, 0.5) is 5.69 Å². The number of pyridine rings is 1. The van der Waals surface area contributed by atoms with Gasteiger partial charge in [0.05, 0.1) is 25.6 Å². The summed E-state index contributed by atoms with van der Waals surface area (Å²) in [6, 6.07) is 11.0. The van der Waals surface area contributed by atoms with Gasteiger partial charge in [0.2, 0.25) is 0 Å². The average Bonchev–Trinajstić information content (AvgIpc) is 3.13. The van der Waals surface area contributed by atoms with Gasteiger partial charge in [-0.25, -0.2) is 4.98 Å². The van der Waals surface area contributed by atoms with E-state index in [0.29, 0.717) is 22.8 Å². The Balaban J connectivity index is 1.75. The molecule has 2 N–H and O–H groups in total. The molecule has 0 radical (unpaired) electrons. The number of rotatable bonds is 4. The lowest BCUT2D eigenvalue weighted by atomic mass is 10.1. The molecule has 0 bridgehead atoms. The molecule has 1 unspecified atom stereocenters. The summed E-state index contributed by atoms with van der Waals surface area (Å²) in [5.41, 5.74) is 8.83. The number of methoxy groups -OCH3 is 2. The van der Waals surface area contributed by atoms with Gasteiger partial charge in [-0.1, -0.05) is 0 Å². The number of nitrogens with zero attached hydrogens (tertiary/aromatic N) is 3. The first-order valence-corrected chi connectivity index (χ1v) is 8.85. The van der Waals surface area contributed by atoms with Crippen molar-refractivity contribution in [2.45, 2.75) is 12.5 Å². The summed E-state index contributed by atoms with van der Waals surface area (Å²) >= 11 is 0. The van der Waals surface area contributed by atoms with Gasteiger partial charge in [-0.3, -0.25) is 9.20 Å². The molecule has 7 heteroatoms. The molecule has 140 valence electrons. The van der Waals surface area contributed by atoms with E-state index >= 15 is 0 Å². The molecule has 27 heavy (non-hydrogen) atoms. The first-order valence-electron chi connectivity index (χ1n) is 8.85. The highest BCUT2D eigenvalue weighted by Crippen LogP contribution is 2.31. The van der Waals surface area contributed by atoms with Gasteiger partial charge in [-0.05, 0) is 36.8 Å². The van der Waals surface area contributed by atoms with Crippen molar-refractivity contribution in [2.75, 3.05) is 32.2 Å².